The summed E-state index contributed by atoms with van der Waals surface area (Å²) in [5, 5.41) is 4.08. The molecule has 0 aromatic carbocycles. The Hall–Kier alpha value is -1.00. The smallest absolute Gasteiger partial charge is 0.270 e. The molecule has 1 heterocycles. The predicted octanol–water partition coefficient (Wildman–Crippen LogP) is 2.84. The van der Waals surface area contributed by atoms with Crippen molar-refractivity contribution in [3.05, 3.63) is 17.5 Å². The van der Waals surface area contributed by atoms with Crippen molar-refractivity contribution in [1.82, 2.24) is 9.78 Å². The van der Waals surface area contributed by atoms with Crippen molar-refractivity contribution in [2.45, 2.75) is 39.4 Å². The van der Waals surface area contributed by atoms with Gasteiger partial charge in [-0.3, -0.25) is 4.68 Å². The molecule has 1 aromatic heterocycles. The third-order valence-electron chi connectivity index (χ3n) is 1.93. The Morgan fingerprint density at radius 1 is 1.36 bits per heavy atom. The molecule has 0 radical (unpaired) electrons. The highest BCUT2D eigenvalue weighted by molar-refractivity contribution is 5.06. The highest BCUT2D eigenvalue weighted by atomic mass is 19.4. The highest BCUT2D eigenvalue weighted by Crippen LogP contribution is 2.21. The molecule has 1 rings (SSSR count). The standard InChI is InChI=1S/C9H13F3N2/c1-7-6-8(2)14(13-7)5-3-4-9(10,11)12/h6H,3-5H2,1-2H3. The van der Waals surface area contributed by atoms with Crippen LogP contribution in [0.4, 0.5) is 13.2 Å². The number of hydrogen-bond donors (Lipinski definition) is 0. The fourth-order valence-corrected chi connectivity index (χ4v) is 1.33. The lowest BCUT2D eigenvalue weighted by Gasteiger charge is -2.06. The van der Waals surface area contributed by atoms with Crippen LogP contribution in [0, 0.1) is 13.8 Å². The van der Waals surface area contributed by atoms with Crippen molar-refractivity contribution in [2.75, 3.05) is 0 Å². The second-order valence-electron chi connectivity index (χ2n) is 3.37. The van der Waals surface area contributed by atoms with Crippen LogP contribution in [-0.2, 0) is 6.54 Å². The Labute approximate surface area is 80.7 Å². The van der Waals surface area contributed by atoms with Gasteiger partial charge >= 0.3 is 6.18 Å². The first kappa shape index (κ1) is 11.1. The van der Waals surface area contributed by atoms with Crippen molar-refractivity contribution in [2.24, 2.45) is 0 Å². The number of halogens is 3. The molecule has 80 valence electrons. The first-order chi connectivity index (χ1) is 6.38. The third-order valence-corrected chi connectivity index (χ3v) is 1.93. The van der Waals surface area contributed by atoms with E-state index in [0.29, 0.717) is 6.54 Å². The number of aryl methyl sites for hydroxylation is 3. The molecule has 2 nitrogen and oxygen atoms in total. The maximum Gasteiger partial charge on any atom is 0.389 e. The van der Waals surface area contributed by atoms with E-state index in [1.807, 2.05) is 19.9 Å². The van der Waals surface area contributed by atoms with Crippen LogP contribution in [0.5, 0.6) is 0 Å². The number of alkyl halides is 3. The van der Waals surface area contributed by atoms with Crippen LogP contribution >= 0.6 is 0 Å². The first-order valence-electron chi connectivity index (χ1n) is 4.46. The van der Waals surface area contributed by atoms with Crippen LogP contribution < -0.4 is 0 Å². The molecular formula is C9H13F3N2. The van der Waals surface area contributed by atoms with Gasteiger partial charge in [0.15, 0.2) is 0 Å². The number of hydrogen-bond acceptors (Lipinski definition) is 1. The number of nitrogens with zero attached hydrogens (tertiary/aromatic N) is 2. The summed E-state index contributed by atoms with van der Waals surface area (Å²) in [5.74, 6) is 0. The second kappa shape index (κ2) is 4.02. The Morgan fingerprint density at radius 2 is 2.00 bits per heavy atom. The average Bonchev–Trinajstić information content (AvgIpc) is 2.27. The largest absolute Gasteiger partial charge is 0.389 e. The van der Waals surface area contributed by atoms with Crippen LogP contribution in [0.2, 0.25) is 0 Å². The molecule has 14 heavy (non-hydrogen) atoms. The van der Waals surface area contributed by atoms with Gasteiger partial charge in [0, 0.05) is 18.7 Å². The summed E-state index contributed by atoms with van der Waals surface area (Å²) in [6.45, 7) is 4.00. The van der Waals surface area contributed by atoms with Gasteiger partial charge in [-0.05, 0) is 26.3 Å². The molecule has 0 saturated heterocycles. The van der Waals surface area contributed by atoms with Crippen LogP contribution in [-0.4, -0.2) is 16.0 Å². The van der Waals surface area contributed by atoms with Gasteiger partial charge in [0.05, 0.1) is 5.69 Å². The number of rotatable bonds is 3. The van der Waals surface area contributed by atoms with Gasteiger partial charge in [0.25, 0.3) is 0 Å². The summed E-state index contributed by atoms with van der Waals surface area (Å²) in [5.41, 5.74) is 1.75. The van der Waals surface area contributed by atoms with Gasteiger partial charge in [-0.1, -0.05) is 0 Å². The monoisotopic (exact) mass is 206 g/mol. The Balaban J connectivity index is 2.42. The minimum Gasteiger partial charge on any atom is -0.270 e. The van der Waals surface area contributed by atoms with Gasteiger partial charge in [0.2, 0.25) is 0 Å². The van der Waals surface area contributed by atoms with E-state index in [0.717, 1.165) is 11.4 Å². The average molecular weight is 206 g/mol. The van der Waals surface area contributed by atoms with Crippen molar-refractivity contribution in [1.29, 1.82) is 0 Å². The Bertz CT molecular complexity index is 301. The zero-order valence-corrected chi connectivity index (χ0v) is 8.23. The van der Waals surface area contributed by atoms with Crippen LogP contribution in [0.1, 0.15) is 24.2 Å². The molecule has 0 bridgehead atoms. The van der Waals surface area contributed by atoms with E-state index >= 15 is 0 Å². The summed E-state index contributed by atoms with van der Waals surface area (Å²) in [6, 6.07) is 1.85. The minimum absolute atomic E-state index is 0.0888. The van der Waals surface area contributed by atoms with Crippen molar-refractivity contribution < 1.29 is 13.2 Å². The quantitative estimate of drug-likeness (QED) is 0.743. The molecule has 0 atom stereocenters. The van der Waals surface area contributed by atoms with Gasteiger partial charge in [-0.25, -0.2) is 0 Å². The summed E-state index contributed by atoms with van der Waals surface area (Å²) in [4.78, 5) is 0. The van der Waals surface area contributed by atoms with Crippen molar-refractivity contribution >= 4 is 0 Å². The lowest BCUT2D eigenvalue weighted by atomic mass is 10.3. The minimum atomic E-state index is -4.06. The zero-order chi connectivity index (χ0) is 10.8. The van der Waals surface area contributed by atoms with Crippen LogP contribution in [0.3, 0.4) is 0 Å². The Morgan fingerprint density at radius 3 is 2.43 bits per heavy atom. The van der Waals surface area contributed by atoms with E-state index in [4.69, 9.17) is 0 Å². The van der Waals surface area contributed by atoms with E-state index in [1.54, 1.807) is 4.68 Å². The lowest BCUT2D eigenvalue weighted by molar-refractivity contribution is -0.136. The van der Waals surface area contributed by atoms with Crippen molar-refractivity contribution in [3.63, 3.8) is 0 Å². The molecule has 0 N–H and O–H groups in total. The molecule has 5 heteroatoms. The van der Waals surface area contributed by atoms with E-state index < -0.39 is 12.6 Å². The molecule has 0 fully saturated rings. The first-order valence-corrected chi connectivity index (χ1v) is 4.46. The molecule has 0 spiro atoms. The van der Waals surface area contributed by atoms with Gasteiger partial charge in [0.1, 0.15) is 0 Å². The second-order valence-corrected chi connectivity index (χ2v) is 3.37. The highest BCUT2D eigenvalue weighted by Gasteiger charge is 2.26. The van der Waals surface area contributed by atoms with Gasteiger partial charge < -0.3 is 0 Å². The summed E-state index contributed by atoms with van der Waals surface area (Å²) >= 11 is 0. The molecule has 0 aliphatic heterocycles. The summed E-state index contributed by atoms with van der Waals surface area (Å²) in [7, 11) is 0. The molecule has 0 saturated carbocycles. The fraction of sp³-hybridized carbons (Fsp3) is 0.667. The molecule has 0 aliphatic rings. The fourth-order valence-electron chi connectivity index (χ4n) is 1.33. The number of aromatic nitrogens is 2. The summed E-state index contributed by atoms with van der Waals surface area (Å²) < 4.78 is 37.1. The summed E-state index contributed by atoms with van der Waals surface area (Å²) in [6.07, 6.45) is -4.72. The maximum atomic E-state index is 11.8. The third kappa shape index (κ3) is 3.40. The van der Waals surface area contributed by atoms with E-state index in [2.05, 4.69) is 5.10 Å². The predicted molar refractivity (Wildman–Crippen MR) is 47.0 cm³/mol. The van der Waals surface area contributed by atoms with Gasteiger partial charge in [-0.2, -0.15) is 18.3 Å². The van der Waals surface area contributed by atoms with E-state index in [-0.39, 0.29) is 6.42 Å². The van der Waals surface area contributed by atoms with Gasteiger partial charge in [-0.15, -0.1) is 0 Å². The molecule has 0 aliphatic carbocycles. The van der Waals surface area contributed by atoms with E-state index in [9.17, 15) is 13.2 Å². The van der Waals surface area contributed by atoms with E-state index in [1.165, 1.54) is 0 Å². The normalized spacial score (nSPS) is 12.1. The van der Waals surface area contributed by atoms with Crippen molar-refractivity contribution in [3.8, 4) is 0 Å². The maximum absolute atomic E-state index is 11.8. The Kier molecular flexibility index (Phi) is 3.18. The lowest BCUT2D eigenvalue weighted by Crippen LogP contribution is -2.10. The topological polar surface area (TPSA) is 17.8 Å². The van der Waals surface area contributed by atoms with Crippen LogP contribution in [0.15, 0.2) is 6.07 Å². The molecule has 1 aromatic rings. The zero-order valence-electron chi connectivity index (χ0n) is 8.23. The molecule has 0 unspecified atom stereocenters. The molecular weight excluding hydrogens is 193 g/mol. The molecule has 0 amide bonds. The van der Waals surface area contributed by atoms with Crippen LogP contribution in [0.25, 0.3) is 0 Å². The SMILES string of the molecule is Cc1cc(C)n(CCCC(F)(F)F)n1.